The van der Waals surface area contributed by atoms with Gasteiger partial charge in [0.15, 0.2) is 5.78 Å². The molecule has 2 aromatic rings. The fraction of sp³-hybridized carbons (Fsp3) is 0.263. The molecule has 0 bridgehead atoms. The molecule has 3 rings (SSSR count). The second-order valence-electron chi connectivity index (χ2n) is 5.89. The molecule has 1 aliphatic rings. The quantitative estimate of drug-likeness (QED) is 0.871. The molecule has 0 spiro atoms. The molecule has 0 saturated carbocycles. The monoisotopic (exact) mass is 344 g/mol. The molecule has 1 heterocycles. The first kappa shape index (κ1) is 18.2. The molecule has 24 heavy (non-hydrogen) atoms. The molecule has 5 heteroatoms. The predicted molar refractivity (Wildman–Crippen MR) is 96.7 cm³/mol. The van der Waals surface area contributed by atoms with Gasteiger partial charge in [0.05, 0.1) is 5.56 Å². The summed E-state index contributed by atoms with van der Waals surface area (Å²) < 4.78 is 0. The maximum absolute atomic E-state index is 12.8. The second-order valence-corrected chi connectivity index (χ2v) is 5.89. The predicted octanol–water partition coefficient (Wildman–Crippen LogP) is 2.90. The number of hydrogen-bond acceptors (Lipinski definition) is 3. The number of ketones is 1. The summed E-state index contributed by atoms with van der Waals surface area (Å²) in [4.78, 5) is 27.3. The molecule has 1 amide bonds. The number of hydrogen-bond donors (Lipinski definition) is 1. The van der Waals surface area contributed by atoms with E-state index < -0.39 is 0 Å². The fourth-order valence-electron chi connectivity index (χ4n) is 2.98. The minimum absolute atomic E-state index is 0. The first-order valence-corrected chi connectivity index (χ1v) is 7.90. The third kappa shape index (κ3) is 3.83. The van der Waals surface area contributed by atoms with E-state index in [1.807, 2.05) is 18.2 Å². The lowest BCUT2D eigenvalue weighted by Crippen LogP contribution is -2.46. The van der Waals surface area contributed by atoms with Crippen LogP contribution >= 0.6 is 12.4 Å². The Labute approximate surface area is 148 Å². The lowest BCUT2D eigenvalue weighted by molar-refractivity contribution is 0.0705. The molecule has 0 radical (unpaired) electrons. The van der Waals surface area contributed by atoms with Crippen LogP contribution in [-0.4, -0.2) is 35.7 Å². The Bertz CT molecular complexity index is 718. The Morgan fingerprint density at radius 3 is 2.25 bits per heavy atom. The highest BCUT2D eigenvalue weighted by Crippen LogP contribution is 2.19. The lowest BCUT2D eigenvalue weighted by Gasteiger charge is -2.31. The molecule has 1 unspecified atom stereocenters. The standard InChI is InChI=1S/C19H20N2O2.ClH/c20-15-9-6-12-21(13-15)19(23)17-11-5-4-10-16(17)18(22)14-7-2-1-3-8-14;/h1-5,7-8,10-11,15H,6,9,12-13,20H2;1H. The number of benzene rings is 2. The summed E-state index contributed by atoms with van der Waals surface area (Å²) >= 11 is 0. The lowest BCUT2D eigenvalue weighted by atomic mass is 9.96. The molecular formula is C19H21ClN2O2. The molecule has 4 nitrogen and oxygen atoms in total. The highest BCUT2D eigenvalue weighted by atomic mass is 35.5. The third-order valence-electron chi connectivity index (χ3n) is 4.18. The zero-order valence-corrected chi connectivity index (χ0v) is 14.2. The SMILES string of the molecule is Cl.NC1CCCN(C(=O)c2ccccc2C(=O)c2ccccc2)C1. The summed E-state index contributed by atoms with van der Waals surface area (Å²) in [5.74, 6) is -0.240. The van der Waals surface area contributed by atoms with E-state index in [1.165, 1.54) is 0 Å². The molecule has 2 aromatic carbocycles. The van der Waals surface area contributed by atoms with Gasteiger partial charge >= 0.3 is 0 Å². The number of rotatable bonds is 3. The summed E-state index contributed by atoms with van der Waals surface area (Å²) in [6.07, 6.45) is 1.84. The highest BCUT2D eigenvalue weighted by Gasteiger charge is 2.25. The average molecular weight is 345 g/mol. The zero-order valence-electron chi connectivity index (χ0n) is 13.4. The minimum Gasteiger partial charge on any atom is -0.337 e. The first-order valence-electron chi connectivity index (χ1n) is 7.90. The maximum atomic E-state index is 12.8. The van der Waals surface area contributed by atoms with Crippen molar-refractivity contribution < 1.29 is 9.59 Å². The summed E-state index contributed by atoms with van der Waals surface area (Å²) in [5, 5.41) is 0. The van der Waals surface area contributed by atoms with Crippen LogP contribution in [0.25, 0.3) is 0 Å². The molecule has 1 aliphatic heterocycles. The number of nitrogens with zero attached hydrogens (tertiary/aromatic N) is 1. The number of carbonyl (C=O) groups is 2. The van der Waals surface area contributed by atoms with E-state index in [0.29, 0.717) is 29.8 Å². The van der Waals surface area contributed by atoms with Gasteiger partial charge in [0.25, 0.3) is 5.91 Å². The van der Waals surface area contributed by atoms with Crippen LogP contribution in [-0.2, 0) is 0 Å². The number of nitrogens with two attached hydrogens (primary N) is 1. The van der Waals surface area contributed by atoms with Crippen LogP contribution in [0.1, 0.15) is 39.1 Å². The van der Waals surface area contributed by atoms with Gasteiger partial charge in [-0.3, -0.25) is 9.59 Å². The Balaban J connectivity index is 0.00000208. The highest BCUT2D eigenvalue weighted by molar-refractivity contribution is 6.15. The van der Waals surface area contributed by atoms with Gasteiger partial charge in [-0.1, -0.05) is 48.5 Å². The molecule has 1 saturated heterocycles. The molecule has 1 atom stereocenters. The largest absolute Gasteiger partial charge is 0.337 e. The van der Waals surface area contributed by atoms with E-state index in [9.17, 15) is 9.59 Å². The van der Waals surface area contributed by atoms with Crippen LogP contribution in [0.3, 0.4) is 0 Å². The van der Waals surface area contributed by atoms with Crippen molar-refractivity contribution in [1.82, 2.24) is 4.90 Å². The topological polar surface area (TPSA) is 63.4 Å². The normalized spacial score (nSPS) is 17.0. The van der Waals surface area contributed by atoms with Gasteiger partial charge < -0.3 is 10.6 Å². The van der Waals surface area contributed by atoms with E-state index in [4.69, 9.17) is 5.73 Å². The van der Waals surface area contributed by atoms with Crippen molar-refractivity contribution in [3.8, 4) is 0 Å². The van der Waals surface area contributed by atoms with Crippen LogP contribution in [0.4, 0.5) is 0 Å². The van der Waals surface area contributed by atoms with Gasteiger partial charge in [-0.2, -0.15) is 0 Å². The van der Waals surface area contributed by atoms with Gasteiger partial charge in [0.2, 0.25) is 0 Å². The number of amides is 1. The molecule has 2 N–H and O–H groups in total. The van der Waals surface area contributed by atoms with Gasteiger partial charge in [-0.25, -0.2) is 0 Å². The number of halogens is 1. The summed E-state index contributed by atoms with van der Waals surface area (Å²) in [5.41, 5.74) is 7.46. The number of piperidine rings is 1. The third-order valence-corrected chi connectivity index (χ3v) is 4.18. The van der Waals surface area contributed by atoms with E-state index in [1.54, 1.807) is 41.3 Å². The molecule has 0 aliphatic carbocycles. The van der Waals surface area contributed by atoms with Crippen LogP contribution in [0, 0.1) is 0 Å². The molecule has 1 fully saturated rings. The van der Waals surface area contributed by atoms with Crippen LogP contribution in [0.2, 0.25) is 0 Å². The Morgan fingerprint density at radius 2 is 1.58 bits per heavy atom. The van der Waals surface area contributed by atoms with Crippen molar-refractivity contribution in [2.45, 2.75) is 18.9 Å². The first-order chi connectivity index (χ1) is 11.2. The smallest absolute Gasteiger partial charge is 0.254 e. The van der Waals surface area contributed by atoms with Crippen molar-refractivity contribution in [2.75, 3.05) is 13.1 Å². The van der Waals surface area contributed by atoms with Gasteiger partial charge in [0.1, 0.15) is 0 Å². The van der Waals surface area contributed by atoms with Crippen LogP contribution < -0.4 is 5.73 Å². The van der Waals surface area contributed by atoms with Crippen molar-refractivity contribution in [3.05, 3.63) is 71.3 Å². The van der Waals surface area contributed by atoms with E-state index in [-0.39, 0.29) is 30.1 Å². The second kappa shape index (κ2) is 8.08. The van der Waals surface area contributed by atoms with Crippen molar-refractivity contribution in [1.29, 1.82) is 0 Å². The Kier molecular flexibility index (Phi) is 6.12. The molecular weight excluding hydrogens is 324 g/mol. The van der Waals surface area contributed by atoms with E-state index in [0.717, 1.165) is 12.8 Å². The van der Waals surface area contributed by atoms with Gasteiger partial charge in [-0.15, -0.1) is 12.4 Å². The number of carbonyl (C=O) groups excluding carboxylic acids is 2. The molecule has 0 aromatic heterocycles. The van der Waals surface area contributed by atoms with Crippen molar-refractivity contribution in [3.63, 3.8) is 0 Å². The molecule has 126 valence electrons. The summed E-state index contributed by atoms with van der Waals surface area (Å²) in [7, 11) is 0. The minimum atomic E-state index is -0.129. The summed E-state index contributed by atoms with van der Waals surface area (Å²) in [6.45, 7) is 1.24. The van der Waals surface area contributed by atoms with E-state index in [2.05, 4.69) is 0 Å². The zero-order chi connectivity index (χ0) is 16.2. The van der Waals surface area contributed by atoms with Gasteiger partial charge in [-0.05, 0) is 18.9 Å². The van der Waals surface area contributed by atoms with E-state index >= 15 is 0 Å². The van der Waals surface area contributed by atoms with Gasteiger partial charge in [0, 0.05) is 30.3 Å². The average Bonchev–Trinajstić information content (AvgIpc) is 2.61. The van der Waals surface area contributed by atoms with Crippen LogP contribution in [0.5, 0.6) is 0 Å². The van der Waals surface area contributed by atoms with Crippen LogP contribution in [0.15, 0.2) is 54.6 Å². The number of likely N-dealkylation sites (tertiary alicyclic amines) is 1. The Morgan fingerprint density at radius 1 is 0.958 bits per heavy atom. The fourth-order valence-corrected chi connectivity index (χ4v) is 2.98. The summed E-state index contributed by atoms with van der Waals surface area (Å²) in [6, 6.07) is 16.1. The Hall–Kier alpha value is -2.17. The van der Waals surface area contributed by atoms with Crippen molar-refractivity contribution >= 4 is 24.1 Å². The maximum Gasteiger partial charge on any atom is 0.254 e. The van der Waals surface area contributed by atoms with Crippen molar-refractivity contribution in [2.24, 2.45) is 5.73 Å².